The van der Waals surface area contributed by atoms with Gasteiger partial charge in [-0.05, 0) is 92.8 Å². The van der Waals surface area contributed by atoms with Crippen LogP contribution in [-0.4, -0.2) is 24.1 Å². The van der Waals surface area contributed by atoms with Crippen LogP contribution in [0, 0.1) is 40.4 Å². The van der Waals surface area contributed by atoms with E-state index < -0.39 is 0 Å². The maximum Gasteiger partial charge on any atom is 0.302 e. The van der Waals surface area contributed by atoms with Gasteiger partial charge in [0.2, 0.25) is 0 Å². The summed E-state index contributed by atoms with van der Waals surface area (Å²) >= 11 is 0. The molecule has 0 aromatic carbocycles. The number of carbonyl (C=O) groups is 2. The molecule has 4 aliphatic rings. The lowest BCUT2D eigenvalue weighted by Gasteiger charge is -2.64. The van der Waals surface area contributed by atoms with Crippen molar-refractivity contribution in [1.82, 2.24) is 0 Å². The number of carbonyl (C=O) groups excluding carboxylic acids is 2. The minimum absolute atomic E-state index is 0.0740. The van der Waals surface area contributed by atoms with Gasteiger partial charge in [-0.25, -0.2) is 0 Å². The first kappa shape index (κ1) is 21.2. The highest BCUT2D eigenvalue weighted by Crippen LogP contribution is 2.66. The monoisotopic (exact) mass is 404 g/mol. The van der Waals surface area contributed by atoms with Crippen LogP contribution in [0.2, 0.25) is 0 Å². The molecule has 0 bridgehead atoms. The predicted octanol–water partition coefficient (Wildman–Crippen LogP) is 5.53. The first-order valence-electron chi connectivity index (χ1n) is 12.0. The average Bonchev–Trinajstić information content (AvgIpc) is 2.64. The summed E-state index contributed by atoms with van der Waals surface area (Å²) < 4.78 is 11.5. The van der Waals surface area contributed by atoms with Gasteiger partial charge in [-0.15, -0.1) is 0 Å². The minimum atomic E-state index is -0.131. The zero-order chi connectivity index (χ0) is 21.0. The van der Waals surface area contributed by atoms with E-state index in [1.165, 1.54) is 51.9 Å². The maximum absolute atomic E-state index is 11.8. The summed E-state index contributed by atoms with van der Waals surface area (Å²) in [5, 5.41) is 0. The molecule has 0 N–H and O–H groups in total. The predicted molar refractivity (Wildman–Crippen MR) is 112 cm³/mol. The van der Waals surface area contributed by atoms with Gasteiger partial charge in [-0.1, -0.05) is 20.8 Å². The average molecular weight is 405 g/mol. The summed E-state index contributed by atoms with van der Waals surface area (Å²) in [5.74, 6) is 3.08. The van der Waals surface area contributed by atoms with E-state index in [2.05, 4.69) is 20.8 Å². The Labute approximate surface area is 176 Å². The lowest BCUT2D eigenvalue weighted by molar-refractivity contribution is -0.198. The molecule has 0 unspecified atom stereocenters. The topological polar surface area (TPSA) is 52.6 Å². The molecule has 4 saturated carbocycles. The van der Waals surface area contributed by atoms with Crippen LogP contribution in [0.4, 0.5) is 0 Å². The van der Waals surface area contributed by atoms with Gasteiger partial charge < -0.3 is 9.47 Å². The summed E-state index contributed by atoms with van der Waals surface area (Å²) in [7, 11) is 0. The summed E-state index contributed by atoms with van der Waals surface area (Å²) in [6.07, 6.45) is 10.9. The minimum Gasteiger partial charge on any atom is -0.463 e. The fourth-order valence-electron chi connectivity index (χ4n) is 8.48. The Bertz CT molecular complexity index is 659. The number of fused-ring (bicyclic) bond motifs is 5. The van der Waals surface area contributed by atoms with Crippen molar-refractivity contribution in [2.45, 2.75) is 105 Å². The Morgan fingerprint density at radius 3 is 2.14 bits per heavy atom. The molecule has 4 nitrogen and oxygen atoms in total. The van der Waals surface area contributed by atoms with Crippen LogP contribution >= 0.6 is 0 Å². The second-order valence-corrected chi connectivity index (χ2v) is 11.3. The van der Waals surface area contributed by atoms with E-state index in [-0.39, 0.29) is 29.6 Å². The quantitative estimate of drug-likeness (QED) is 0.568. The molecule has 164 valence electrons. The highest BCUT2D eigenvalue weighted by Gasteiger charge is 2.60. The summed E-state index contributed by atoms with van der Waals surface area (Å²) in [4.78, 5) is 23.3. The first-order valence-corrected chi connectivity index (χ1v) is 12.0. The van der Waals surface area contributed by atoms with Gasteiger partial charge in [0.15, 0.2) is 0 Å². The van der Waals surface area contributed by atoms with E-state index in [9.17, 15) is 9.59 Å². The Morgan fingerprint density at radius 1 is 0.793 bits per heavy atom. The second-order valence-electron chi connectivity index (χ2n) is 11.3. The van der Waals surface area contributed by atoms with Gasteiger partial charge in [0, 0.05) is 19.3 Å². The molecule has 0 heterocycles. The second kappa shape index (κ2) is 7.57. The van der Waals surface area contributed by atoms with Gasteiger partial charge in [0.25, 0.3) is 0 Å². The maximum atomic E-state index is 11.8. The molecule has 0 spiro atoms. The zero-order valence-corrected chi connectivity index (χ0v) is 19.0. The molecule has 0 aromatic heterocycles. The number of esters is 2. The number of rotatable bonds is 2. The molecule has 0 amide bonds. The largest absolute Gasteiger partial charge is 0.463 e. The first-order chi connectivity index (χ1) is 13.6. The zero-order valence-electron chi connectivity index (χ0n) is 19.0. The molecular weight excluding hydrogens is 364 g/mol. The number of hydrogen-bond acceptors (Lipinski definition) is 4. The van der Waals surface area contributed by atoms with Crippen LogP contribution in [0.5, 0.6) is 0 Å². The third kappa shape index (κ3) is 3.53. The van der Waals surface area contributed by atoms with E-state index in [1.807, 2.05) is 0 Å². The van der Waals surface area contributed by atoms with E-state index in [1.54, 1.807) is 6.92 Å². The normalized spacial score (nSPS) is 49.2. The molecule has 0 radical (unpaired) electrons. The summed E-state index contributed by atoms with van der Waals surface area (Å²) in [5.41, 5.74) is 0.504. The molecule has 0 aromatic rings. The van der Waals surface area contributed by atoms with E-state index in [4.69, 9.17) is 9.47 Å². The summed E-state index contributed by atoms with van der Waals surface area (Å²) in [6.45, 7) is 10.3. The smallest absolute Gasteiger partial charge is 0.302 e. The van der Waals surface area contributed by atoms with Crippen LogP contribution in [0.3, 0.4) is 0 Å². The van der Waals surface area contributed by atoms with Crippen molar-refractivity contribution < 1.29 is 19.1 Å². The van der Waals surface area contributed by atoms with Gasteiger partial charge >= 0.3 is 11.9 Å². The number of ether oxygens (including phenoxy) is 2. The van der Waals surface area contributed by atoms with E-state index in [0.29, 0.717) is 23.2 Å². The molecular formula is C25H40O4. The van der Waals surface area contributed by atoms with Crippen LogP contribution in [0.15, 0.2) is 0 Å². The third-order valence-corrected chi connectivity index (χ3v) is 9.78. The van der Waals surface area contributed by atoms with Crippen LogP contribution in [0.25, 0.3) is 0 Å². The van der Waals surface area contributed by atoms with Crippen molar-refractivity contribution in [3.8, 4) is 0 Å². The van der Waals surface area contributed by atoms with Gasteiger partial charge in [0.1, 0.15) is 12.2 Å². The fraction of sp³-hybridized carbons (Fsp3) is 0.920. The van der Waals surface area contributed by atoms with E-state index >= 15 is 0 Å². The van der Waals surface area contributed by atoms with Crippen LogP contribution in [-0.2, 0) is 19.1 Å². The molecule has 0 saturated heterocycles. The van der Waals surface area contributed by atoms with Crippen molar-refractivity contribution in [3.05, 3.63) is 0 Å². The van der Waals surface area contributed by atoms with E-state index in [0.717, 1.165) is 24.7 Å². The van der Waals surface area contributed by atoms with Crippen molar-refractivity contribution in [2.24, 2.45) is 40.4 Å². The third-order valence-electron chi connectivity index (χ3n) is 9.78. The summed E-state index contributed by atoms with van der Waals surface area (Å²) in [6, 6.07) is 0. The fourth-order valence-corrected chi connectivity index (χ4v) is 8.48. The van der Waals surface area contributed by atoms with Crippen LogP contribution < -0.4 is 0 Å². The lowest BCUT2D eigenvalue weighted by Crippen LogP contribution is -2.59. The Kier molecular flexibility index (Phi) is 5.53. The lowest BCUT2D eigenvalue weighted by atomic mass is 9.42. The highest BCUT2D eigenvalue weighted by molar-refractivity contribution is 5.66. The van der Waals surface area contributed by atoms with Crippen molar-refractivity contribution in [3.63, 3.8) is 0 Å². The Hall–Kier alpha value is -1.06. The molecule has 4 heteroatoms. The van der Waals surface area contributed by atoms with Gasteiger partial charge in [-0.2, -0.15) is 0 Å². The Balaban J connectivity index is 1.55. The highest BCUT2D eigenvalue weighted by atomic mass is 16.5. The molecule has 4 aliphatic carbocycles. The standard InChI is InChI=1S/C25H40O4/c1-15-6-9-21-20-8-7-18-14-19(28-16(2)26)10-12-24(18,4)22(20)11-13-25(21,5)23(15)29-17(3)27/h15,18-23H,6-14H2,1-5H3/t15-,18+,19+,20+,21+,22+,23+,24+,25+/m1/s1. The molecule has 29 heavy (non-hydrogen) atoms. The molecule has 9 atom stereocenters. The van der Waals surface area contributed by atoms with Crippen molar-refractivity contribution >= 4 is 11.9 Å². The van der Waals surface area contributed by atoms with Crippen LogP contribution in [0.1, 0.15) is 92.4 Å². The number of hydrogen-bond donors (Lipinski definition) is 0. The SMILES string of the molecule is CC(=O)O[C@H]1CC[C@@]2(C)[C@@H](CC[C@@H]3[C@@H]2CC[C@@]2(C)[C@H]3CC[C@@H](C)[C@@H]2OC(C)=O)C1. The molecule has 4 fully saturated rings. The molecule has 0 aliphatic heterocycles. The van der Waals surface area contributed by atoms with Crippen molar-refractivity contribution in [1.29, 1.82) is 0 Å². The Morgan fingerprint density at radius 2 is 1.45 bits per heavy atom. The van der Waals surface area contributed by atoms with Crippen molar-refractivity contribution in [2.75, 3.05) is 0 Å². The van der Waals surface area contributed by atoms with Gasteiger partial charge in [0.05, 0.1) is 0 Å². The van der Waals surface area contributed by atoms with Gasteiger partial charge in [-0.3, -0.25) is 9.59 Å². The molecule has 4 rings (SSSR count).